The highest BCUT2D eigenvalue weighted by Gasteiger charge is 2.21. The Bertz CT molecular complexity index is 437. The Hall–Kier alpha value is -1.53. The molecule has 0 spiro atoms. The molecule has 0 aromatic heterocycles. The molecule has 0 radical (unpaired) electrons. The molecule has 5 nitrogen and oxygen atoms in total. The molecule has 1 rings (SSSR count). The molecule has 2 amide bonds. The Morgan fingerprint density at radius 3 is 2.45 bits per heavy atom. The second-order valence-corrected chi connectivity index (χ2v) is 5.53. The highest BCUT2D eigenvalue weighted by molar-refractivity contribution is 7.98. The van der Waals surface area contributed by atoms with E-state index >= 15 is 0 Å². The molecule has 0 heterocycles. The number of thioether (sulfide) groups is 1. The van der Waals surface area contributed by atoms with Crippen LogP contribution in [0.4, 0.5) is 0 Å². The van der Waals surface area contributed by atoms with Crippen molar-refractivity contribution in [2.45, 2.75) is 12.5 Å². The molecule has 6 heteroatoms. The highest BCUT2D eigenvalue weighted by Crippen LogP contribution is 2.04. The third-order valence-corrected chi connectivity index (χ3v) is 3.25. The van der Waals surface area contributed by atoms with Crippen molar-refractivity contribution in [3.8, 4) is 0 Å². The summed E-state index contributed by atoms with van der Waals surface area (Å²) in [6, 6.07) is 8.37. The van der Waals surface area contributed by atoms with Crippen LogP contribution in [0.2, 0.25) is 0 Å². The van der Waals surface area contributed by atoms with Gasteiger partial charge >= 0.3 is 0 Å². The average Bonchev–Trinajstić information content (AvgIpc) is 2.43. The van der Waals surface area contributed by atoms with E-state index in [1.54, 1.807) is 55.1 Å². The minimum Gasteiger partial charge on any atom is -0.340 e. The zero-order valence-electron chi connectivity index (χ0n) is 12.1. The average molecular weight is 295 g/mol. The van der Waals surface area contributed by atoms with Crippen LogP contribution in [0.25, 0.3) is 0 Å². The van der Waals surface area contributed by atoms with E-state index < -0.39 is 6.04 Å². The summed E-state index contributed by atoms with van der Waals surface area (Å²) >= 11 is 1.64. The summed E-state index contributed by atoms with van der Waals surface area (Å²) in [5.74, 6) is 0.375. The first-order valence-corrected chi connectivity index (χ1v) is 7.76. The molecule has 1 aromatic rings. The van der Waals surface area contributed by atoms with E-state index in [0.717, 1.165) is 5.75 Å². The second kappa shape index (κ2) is 8.60. The van der Waals surface area contributed by atoms with Crippen molar-refractivity contribution in [2.75, 3.05) is 26.1 Å². The highest BCUT2D eigenvalue weighted by atomic mass is 32.2. The molecular formula is C14H21N3O2S. The van der Waals surface area contributed by atoms with E-state index in [-0.39, 0.29) is 11.8 Å². The summed E-state index contributed by atoms with van der Waals surface area (Å²) in [5, 5.41) is 4.35. The van der Waals surface area contributed by atoms with Crippen LogP contribution in [-0.4, -0.2) is 49.0 Å². The first-order chi connectivity index (χ1) is 9.54. The number of carbonyl (C=O) groups is 2. The number of nitrogens with one attached hydrogen (secondary N) is 2. The van der Waals surface area contributed by atoms with Crippen molar-refractivity contribution < 1.29 is 9.59 Å². The maximum atomic E-state index is 12.1. The fourth-order valence-electron chi connectivity index (χ4n) is 1.63. The molecule has 0 aliphatic rings. The number of nitrogens with zero attached hydrogens (tertiary/aromatic N) is 1. The topological polar surface area (TPSA) is 61.4 Å². The van der Waals surface area contributed by atoms with E-state index in [1.807, 2.05) is 12.3 Å². The predicted octanol–water partition coefficient (Wildman–Crippen LogP) is 1.13. The molecule has 0 aliphatic carbocycles. The molecular weight excluding hydrogens is 274 g/mol. The first kappa shape index (κ1) is 16.5. The smallest absolute Gasteiger partial charge is 0.256 e. The third kappa shape index (κ3) is 5.63. The summed E-state index contributed by atoms with van der Waals surface area (Å²) < 4.78 is 0. The van der Waals surface area contributed by atoms with Crippen molar-refractivity contribution in [2.24, 2.45) is 0 Å². The largest absolute Gasteiger partial charge is 0.340 e. The Morgan fingerprint density at radius 2 is 1.90 bits per heavy atom. The van der Waals surface area contributed by atoms with Gasteiger partial charge in [0.15, 0.2) is 0 Å². The van der Waals surface area contributed by atoms with Crippen molar-refractivity contribution in [1.29, 1.82) is 0 Å². The van der Waals surface area contributed by atoms with Crippen molar-refractivity contribution in [1.82, 2.24) is 15.8 Å². The van der Waals surface area contributed by atoms with E-state index in [9.17, 15) is 9.59 Å². The molecule has 1 aromatic carbocycles. The van der Waals surface area contributed by atoms with Gasteiger partial charge in [-0.2, -0.15) is 11.8 Å². The van der Waals surface area contributed by atoms with E-state index in [0.29, 0.717) is 12.0 Å². The van der Waals surface area contributed by atoms with E-state index in [2.05, 4.69) is 10.7 Å². The monoisotopic (exact) mass is 295 g/mol. The minimum absolute atomic E-state index is 0.201. The van der Waals surface area contributed by atoms with Gasteiger partial charge in [-0.1, -0.05) is 18.2 Å². The van der Waals surface area contributed by atoms with Crippen LogP contribution in [-0.2, 0) is 4.79 Å². The number of hydrogen-bond acceptors (Lipinski definition) is 4. The van der Waals surface area contributed by atoms with Gasteiger partial charge in [0, 0.05) is 19.7 Å². The zero-order valence-corrected chi connectivity index (χ0v) is 12.9. The molecule has 1 atom stereocenters. The maximum absolute atomic E-state index is 12.1. The maximum Gasteiger partial charge on any atom is 0.256 e. The van der Waals surface area contributed by atoms with Crippen molar-refractivity contribution in [3.05, 3.63) is 35.9 Å². The predicted molar refractivity (Wildman–Crippen MR) is 82.5 cm³/mol. The van der Waals surface area contributed by atoms with Gasteiger partial charge in [-0.05, 0) is 30.6 Å². The lowest BCUT2D eigenvalue weighted by atomic mass is 10.1. The molecule has 0 saturated carbocycles. The van der Waals surface area contributed by atoms with E-state index in [4.69, 9.17) is 0 Å². The van der Waals surface area contributed by atoms with Crippen LogP contribution in [0, 0.1) is 0 Å². The number of rotatable bonds is 7. The first-order valence-electron chi connectivity index (χ1n) is 6.37. The van der Waals surface area contributed by atoms with Crippen LogP contribution >= 0.6 is 11.8 Å². The molecule has 0 saturated heterocycles. The van der Waals surface area contributed by atoms with Crippen molar-refractivity contribution >= 4 is 23.6 Å². The minimum atomic E-state index is -0.530. The molecule has 110 valence electrons. The number of carbonyl (C=O) groups excluding carboxylic acids is 2. The molecule has 0 bridgehead atoms. The SMILES string of the molecule is CSCC[C@@H](NC(=O)c1ccccc1)C(=O)NN(C)C. The van der Waals surface area contributed by atoms with E-state index in [1.165, 1.54) is 0 Å². The Kier molecular flexibility index (Phi) is 7.11. The number of hydrogen-bond donors (Lipinski definition) is 2. The molecule has 2 N–H and O–H groups in total. The summed E-state index contributed by atoms with van der Waals surface area (Å²) in [6.07, 6.45) is 2.57. The summed E-state index contributed by atoms with van der Waals surface area (Å²) in [5.41, 5.74) is 3.23. The quantitative estimate of drug-likeness (QED) is 0.740. The van der Waals surface area contributed by atoms with Crippen LogP contribution in [0.5, 0.6) is 0 Å². The lowest BCUT2D eigenvalue weighted by Crippen LogP contribution is -2.50. The summed E-state index contributed by atoms with van der Waals surface area (Å²) in [6.45, 7) is 0. The van der Waals surface area contributed by atoms with Gasteiger partial charge in [-0.25, -0.2) is 5.01 Å². The number of hydrazine groups is 1. The summed E-state index contributed by atoms with van der Waals surface area (Å²) in [7, 11) is 3.48. The Labute approximate surface area is 124 Å². The van der Waals surface area contributed by atoms with Crippen molar-refractivity contribution in [3.63, 3.8) is 0 Å². The number of amides is 2. The Balaban J connectivity index is 2.68. The van der Waals surface area contributed by atoms with Gasteiger partial charge < -0.3 is 5.32 Å². The van der Waals surface area contributed by atoms with Gasteiger partial charge in [-0.3, -0.25) is 15.0 Å². The number of benzene rings is 1. The van der Waals surface area contributed by atoms with Gasteiger partial charge in [0.2, 0.25) is 0 Å². The molecule has 0 unspecified atom stereocenters. The van der Waals surface area contributed by atoms with Gasteiger partial charge in [-0.15, -0.1) is 0 Å². The second-order valence-electron chi connectivity index (χ2n) is 4.54. The molecule has 20 heavy (non-hydrogen) atoms. The fraction of sp³-hybridized carbons (Fsp3) is 0.429. The lowest BCUT2D eigenvalue weighted by Gasteiger charge is -2.20. The normalized spacial score (nSPS) is 12.0. The lowest BCUT2D eigenvalue weighted by molar-refractivity contribution is -0.126. The van der Waals surface area contributed by atoms with Crippen LogP contribution in [0.3, 0.4) is 0 Å². The van der Waals surface area contributed by atoms with Gasteiger partial charge in [0.05, 0.1) is 0 Å². The van der Waals surface area contributed by atoms with Gasteiger partial charge in [0.1, 0.15) is 6.04 Å². The summed E-state index contributed by atoms with van der Waals surface area (Å²) in [4.78, 5) is 24.1. The van der Waals surface area contributed by atoms with Gasteiger partial charge in [0.25, 0.3) is 11.8 Å². The molecule has 0 fully saturated rings. The standard InChI is InChI=1S/C14H21N3O2S/c1-17(2)16-14(19)12(9-10-20-3)15-13(18)11-7-5-4-6-8-11/h4-8,12H,9-10H2,1-3H3,(H,15,18)(H,16,19)/t12-/m1/s1. The zero-order chi connectivity index (χ0) is 15.0. The molecule has 0 aliphatic heterocycles. The third-order valence-electron chi connectivity index (χ3n) is 2.60. The van der Waals surface area contributed by atoms with Crippen LogP contribution in [0.15, 0.2) is 30.3 Å². The van der Waals surface area contributed by atoms with Crippen LogP contribution < -0.4 is 10.7 Å². The fourth-order valence-corrected chi connectivity index (χ4v) is 2.11. The van der Waals surface area contributed by atoms with Crippen LogP contribution in [0.1, 0.15) is 16.8 Å². The Morgan fingerprint density at radius 1 is 1.25 bits per heavy atom.